The minimum atomic E-state index is -3.76. The third-order valence-electron chi connectivity index (χ3n) is 5.47. The number of fused-ring (bicyclic) bond motifs is 1. The number of ether oxygens (including phenoxy) is 1. The average Bonchev–Trinajstić information content (AvgIpc) is 2.73. The molecule has 1 saturated heterocycles. The molecule has 0 bridgehead atoms. The molecule has 7 heteroatoms. The summed E-state index contributed by atoms with van der Waals surface area (Å²) in [5.74, 6) is 0.558. The molecule has 0 saturated carbocycles. The standard InChI is InChI=1S/C21H22ClN2O3S/c1-27-19-10-11-20(18-9-6-12-23-21(18)19)28(25,26)24(13-3-2-4-14-24)17-8-5-7-16(22)15-17/h5-12,15H,2-4,13-14H2,1H3/q+1. The number of quaternary nitrogens is 1. The summed E-state index contributed by atoms with van der Waals surface area (Å²) >= 11 is 6.23. The van der Waals surface area contributed by atoms with Crippen molar-refractivity contribution in [1.29, 1.82) is 0 Å². The smallest absolute Gasteiger partial charge is 0.332 e. The SMILES string of the molecule is COc1ccc(S(=O)(=O)[N+]2(c3cccc(Cl)c3)CCCCC2)c2cccnc12. The van der Waals surface area contributed by atoms with E-state index in [-0.39, 0.29) is 8.78 Å². The highest BCUT2D eigenvalue weighted by molar-refractivity contribution is 7.91. The molecule has 1 aromatic heterocycles. The Kier molecular flexibility index (Phi) is 5.04. The van der Waals surface area contributed by atoms with E-state index in [2.05, 4.69) is 4.98 Å². The predicted octanol–water partition coefficient (Wildman–Crippen LogP) is 4.78. The van der Waals surface area contributed by atoms with Gasteiger partial charge in [0, 0.05) is 28.7 Å². The van der Waals surface area contributed by atoms with Gasteiger partial charge in [-0.2, -0.15) is 12.3 Å². The fourth-order valence-electron chi connectivity index (χ4n) is 4.09. The minimum absolute atomic E-state index is 0.121. The topological polar surface area (TPSA) is 56.3 Å². The molecule has 0 unspecified atom stereocenters. The van der Waals surface area contributed by atoms with Crippen LogP contribution in [0.2, 0.25) is 5.02 Å². The number of rotatable bonds is 4. The van der Waals surface area contributed by atoms with Crippen molar-refractivity contribution in [1.82, 2.24) is 8.87 Å². The molecule has 2 heterocycles. The maximum atomic E-state index is 14.1. The van der Waals surface area contributed by atoms with Gasteiger partial charge in [0.05, 0.1) is 20.2 Å². The molecule has 1 aliphatic rings. The Labute approximate surface area is 170 Å². The molecule has 2 aromatic carbocycles. The van der Waals surface area contributed by atoms with E-state index >= 15 is 0 Å². The first-order valence-electron chi connectivity index (χ1n) is 9.30. The van der Waals surface area contributed by atoms with Crippen molar-refractivity contribution in [3.63, 3.8) is 0 Å². The number of benzene rings is 2. The molecule has 146 valence electrons. The number of pyridine rings is 1. The molecule has 5 nitrogen and oxygen atoms in total. The van der Waals surface area contributed by atoms with E-state index in [1.807, 2.05) is 12.1 Å². The van der Waals surface area contributed by atoms with Gasteiger partial charge in [-0.1, -0.05) is 17.7 Å². The van der Waals surface area contributed by atoms with Gasteiger partial charge in [0.15, 0.2) is 0 Å². The molecule has 0 atom stereocenters. The largest absolute Gasteiger partial charge is 0.494 e. The van der Waals surface area contributed by atoms with E-state index in [4.69, 9.17) is 16.3 Å². The van der Waals surface area contributed by atoms with E-state index in [1.165, 1.54) is 0 Å². The Morgan fingerprint density at radius 1 is 1.04 bits per heavy atom. The van der Waals surface area contributed by atoms with Gasteiger partial charge in [0.2, 0.25) is 0 Å². The van der Waals surface area contributed by atoms with Gasteiger partial charge in [-0.15, -0.1) is 0 Å². The van der Waals surface area contributed by atoms with Gasteiger partial charge >= 0.3 is 10.0 Å². The summed E-state index contributed by atoms with van der Waals surface area (Å²) in [5.41, 5.74) is 1.26. The lowest BCUT2D eigenvalue weighted by atomic mass is 10.1. The van der Waals surface area contributed by atoms with Gasteiger partial charge in [-0.05, 0) is 49.6 Å². The Balaban J connectivity index is 1.99. The lowest BCUT2D eigenvalue weighted by molar-refractivity contribution is 0.342. The molecule has 0 amide bonds. The Bertz CT molecular complexity index is 1130. The zero-order valence-corrected chi connectivity index (χ0v) is 17.2. The van der Waals surface area contributed by atoms with Crippen molar-refractivity contribution in [2.24, 2.45) is 0 Å². The molecule has 0 aliphatic carbocycles. The first-order chi connectivity index (χ1) is 13.5. The molecule has 0 spiro atoms. The lowest BCUT2D eigenvalue weighted by Gasteiger charge is -2.39. The molecule has 4 rings (SSSR count). The van der Waals surface area contributed by atoms with Crippen molar-refractivity contribution in [2.75, 3.05) is 20.2 Å². The van der Waals surface area contributed by atoms with Crippen LogP contribution in [-0.4, -0.2) is 33.6 Å². The molecule has 3 aromatic rings. The van der Waals surface area contributed by atoms with Crippen molar-refractivity contribution in [3.8, 4) is 5.75 Å². The zero-order valence-electron chi connectivity index (χ0n) is 15.6. The first-order valence-corrected chi connectivity index (χ1v) is 11.1. The van der Waals surface area contributed by atoms with E-state index < -0.39 is 10.0 Å². The first kappa shape index (κ1) is 19.2. The van der Waals surface area contributed by atoms with E-state index in [1.54, 1.807) is 49.7 Å². The number of nitrogens with zero attached hydrogens (tertiary/aromatic N) is 2. The van der Waals surface area contributed by atoms with Crippen LogP contribution in [0.4, 0.5) is 5.69 Å². The van der Waals surface area contributed by atoms with Crippen LogP contribution in [0.15, 0.2) is 59.6 Å². The fraction of sp³-hybridized carbons (Fsp3) is 0.286. The maximum Gasteiger partial charge on any atom is 0.332 e. The number of methoxy groups -OCH3 is 1. The molecule has 1 fully saturated rings. The third-order valence-corrected chi connectivity index (χ3v) is 8.11. The average molecular weight is 418 g/mol. The highest BCUT2D eigenvalue weighted by Gasteiger charge is 2.47. The second kappa shape index (κ2) is 7.35. The molecular weight excluding hydrogens is 396 g/mol. The zero-order chi connectivity index (χ0) is 19.8. The molecular formula is C21H22ClN2O3S+. The number of hydrogen-bond donors (Lipinski definition) is 0. The van der Waals surface area contributed by atoms with Gasteiger partial charge in [-0.3, -0.25) is 4.98 Å². The van der Waals surface area contributed by atoms with E-state index in [0.29, 0.717) is 40.5 Å². The fourth-order valence-corrected chi connectivity index (χ4v) is 6.46. The summed E-state index contributed by atoms with van der Waals surface area (Å²) < 4.78 is 33.5. The molecule has 28 heavy (non-hydrogen) atoms. The van der Waals surface area contributed by atoms with Gasteiger partial charge in [0.1, 0.15) is 21.8 Å². The molecule has 0 N–H and O–H groups in total. The van der Waals surface area contributed by atoms with Crippen molar-refractivity contribution in [2.45, 2.75) is 24.2 Å². The number of piperidine rings is 1. The molecule has 0 radical (unpaired) electrons. The van der Waals surface area contributed by atoms with E-state index in [0.717, 1.165) is 19.3 Å². The third kappa shape index (κ3) is 2.96. The van der Waals surface area contributed by atoms with Crippen LogP contribution in [0.5, 0.6) is 5.75 Å². The number of hydrogen-bond acceptors (Lipinski definition) is 4. The summed E-state index contributed by atoms with van der Waals surface area (Å²) in [6.45, 7) is 1.05. The van der Waals surface area contributed by atoms with Crippen LogP contribution in [-0.2, 0) is 10.0 Å². The maximum absolute atomic E-state index is 14.1. The number of aromatic nitrogens is 1. The number of sulfonamides is 1. The summed E-state index contributed by atoms with van der Waals surface area (Å²) in [5, 5.41) is 1.11. The van der Waals surface area contributed by atoms with Crippen LogP contribution in [0.3, 0.4) is 0 Å². The van der Waals surface area contributed by atoms with Gasteiger partial charge in [-0.25, -0.2) is 0 Å². The highest BCUT2D eigenvalue weighted by Crippen LogP contribution is 2.40. The minimum Gasteiger partial charge on any atom is -0.494 e. The van der Waals surface area contributed by atoms with Crippen LogP contribution in [0, 0.1) is 0 Å². The highest BCUT2D eigenvalue weighted by atomic mass is 35.5. The number of halogens is 1. The molecule has 1 aliphatic heterocycles. The Morgan fingerprint density at radius 2 is 1.82 bits per heavy atom. The second-order valence-corrected chi connectivity index (χ2v) is 9.54. The lowest BCUT2D eigenvalue weighted by Crippen LogP contribution is -2.56. The van der Waals surface area contributed by atoms with Crippen LogP contribution in [0.25, 0.3) is 10.9 Å². The van der Waals surface area contributed by atoms with Crippen LogP contribution < -0.4 is 8.63 Å². The summed E-state index contributed by atoms with van der Waals surface area (Å²) in [4.78, 5) is 4.64. The van der Waals surface area contributed by atoms with Gasteiger partial charge < -0.3 is 4.74 Å². The van der Waals surface area contributed by atoms with E-state index in [9.17, 15) is 8.42 Å². The summed E-state index contributed by atoms with van der Waals surface area (Å²) in [6, 6.07) is 14.1. The summed E-state index contributed by atoms with van der Waals surface area (Å²) in [7, 11) is -2.20. The van der Waals surface area contributed by atoms with Crippen molar-refractivity contribution in [3.05, 3.63) is 59.8 Å². The van der Waals surface area contributed by atoms with Crippen molar-refractivity contribution < 1.29 is 13.2 Å². The second-order valence-electron chi connectivity index (χ2n) is 7.02. The van der Waals surface area contributed by atoms with Crippen LogP contribution in [0.1, 0.15) is 19.3 Å². The Morgan fingerprint density at radius 3 is 2.54 bits per heavy atom. The monoisotopic (exact) mass is 417 g/mol. The van der Waals surface area contributed by atoms with Crippen molar-refractivity contribution >= 4 is 38.2 Å². The Hall–Kier alpha value is -2.15. The quantitative estimate of drug-likeness (QED) is 0.573. The van der Waals surface area contributed by atoms with Crippen LogP contribution >= 0.6 is 11.6 Å². The summed E-state index contributed by atoms with van der Waals surface area (Å²) in [6.07, 6.45) is 4.36. The van der Waals surface area contributed by atoms with Gasteiger partial charge in [0.25, 0.3) is 0 Å². The predicted molar refractivity (Wildman–Crippen MR) is 112 cm³/mol. The normalized spacial score (nSPS) is 16.8.